The third-order valence-corrected chi connectivity index (χ3v) is 2.86. The summed E-state index contributed by atoms with van der Waals surface area (Å²) in [6.07, 6.45) is 0. The maximum Gasteiger partial charge on any atom is 0.174 e. The van der Waals surface area contributed by atoms with E-state index in [1.807, 2.05) is 13.0 Å². The Kier molecular flexibility index (Phi) is 4.63. The summed E-state index contributed by atoms with van der Waals surface area (Å²) < 4.78 is 24.2. The highest BCUT2D eigenvalue weighted by molar-refractivity contribution is 5.29. The predicted octanol–water partition coefficient (Wildman–Crippen LogP) is 3.59. The molecule has 0 saturated heterocycles. The van der Waals surface area contributed by atoms with E-state index < -0.39 is 0 Å². The molecule has 0 amide bonds. The minimum Gasteiger partial charge on any atom is -0.482 e. The Bertz CT molecular complexity index is 603. The van der Waals surface area contributed by atoms with Gasteiger partial charge in [0.15, 0.2) is 17.3 Å². The van der Waals surface area contributed by atoms with Crippen LogP contribution in [0.4, 0.5) is 4.39 Å². The molecular weight excluding hydrogens is 271 g/mol. The molecule has 2 rings (SSSR count). The van der Waals surface area contributed by atoms with Gasteiger partial charge in [-0.05, 0) is 45.4 Å². The zero-order chi connectivity index (χ0) is 15.5. The molecule has 2 aromatic rings. The highest BCUT2D eigenvalue weighted by Crippen LogP contribution is 2.20. The summed E-state index contributed by atoms with van der Waals surface area (Å²) in [5.41, 5.74) is 1.76. The first-order chi connectivity index (χ1) is 9.83. The van der Waals surface area contributed by atoms with E-state index in [0.717, 1.165) is 11.3 Å². The van der Waals surface area contributed by atoms with E-state index in [9.17, 15) is 4.39 Å². The van der Waals surface area contributed by atoms with E-state index >= 15 is 0 Å². The lowest BCUT2D eigenvalue weighted by molar-refractivity contribution is 0.239. The average molecular weight is 292 g/mol. The second kappa shape index (κ2) is 6.26. The van der Waals surface area contributed by atoms with Crippen LogP contribution in [-0.4, -0.2) is 10.7 Å². The van der Waals surface area contributed by atoms with Gasteiger partial charge in [0.2, 0.25) is 0 Å². The minimum atomic E-state index is -0.380. The number of hydrogen-bond donors (Lipinski definition) is 1. The SMILES string of the molecule is Cc1ccc(F)c(OCc2cc(CNC(C)(C)C)no2)c1. The number of benzene rings is 1. The second-order valence-corrected chi connectivity index (χ2v) is 6.11. The van der Waals surface area contributed by atoms with Crippen molar-refractivity contribution in [3.63, 3.8) is 0 Å². The predicted molar refractivity (Wildman–Crippen MR) is 78.6 cm³/mol. The number of rotatable bonds is 5. The van der Waals surface area contributed by atoms with Crippen molar-refractivity contribution in [2.75, 3.05) is 0 Å². The van der Waals surface area contributed by atoms with Crippen LogP contribution in [0, 0.1) is 12.7 Å². The maximum atomic E-state index is 13.5. The van der Waals surface area contributed by atoms with Crippen molar-refractivity contribution in [2.24, 2.45) is 0 Å². The van der Waals surface area contributed by atoms with Crippen LogP contribution in [0.2, 0.25) is 0 Å². The Hall–Kier alpha value is -1.88. The average Bonchev–Trinajstić information content (AvgIpc) is 2.85. The topological polar surface area (TPSA) is 47.3 Å². The number of nitrogens with one attached hydrogen (secondary N) is 1. The van der Waals surface area contributed by atoms with Crippen LogP contribution in [0.15, 0.2) is 28.8 Å². The number of ether oxygens (including phenoxy) is 1. The molecule has 5 heteroatoms. The quantitative estimate of drug-likeness (QED) is 0.915. The van der Waals surface area contributed by atoms with Crippen molar-refractivity contribution in [3.05, 3.63) is 47.1 Å². The first kappa shape index (κ1) is 15.5. The Morgan fingerprint density at radius 1 is 1.29 bits per heavy atom. The molecule has 0 atom stereocenters. The summed E-state index contributed by atoms with van der Waals surface area (Å²) in [4.78, 5) is 0. The van der Waals surface area contributed by atoms with Gasteiger partial charge in [0.1, 0.15) is 6.61 Å². The zero-order valence-corrected chi connectivity index (χ0v) is 12.9. The van der Waals surface area contributed by atoms with Gasteiger partial charge >= 0.3 is 0 Å². The van der Waals surface area contributed by atoms with Crippen molar-refractivity contribution in [1.29, 1.82) is 0 Å². The number of hydrogen-bond acceptors (Lipinski definition) is 4. The van der Waals surface area contributed by atoms with Crippen molar-refractivity contribution in [1.82, 2.24) is 10.5 Å². The highest BCUT2D eigenvalue weighted by atomic mass is 19.1. The Labute approximate surface area is 124 Å². The standard InChI is InChI=1S/C16H21FN2O2/c1-11-5-6-14(17)15(7-11)20-10-13-8-12(19-21-13)9-18-16(2,3)4/h5-8,18H,9-10H2,1-4H3. The van der Waals surface area contributed by atoms with E-state index in [4.69, 9.17) is 9.26 Å². The zero-order valence-electron chi connectivity index (χ0n) is 12.9. The molecule has 1 aromatic carbocycles. The van der Waals surface area contributed by atoms with Crippen LogP contribution in [-0.2, 0) is 13.2 Å². The number of halogens is 1. The van der Waals surface area contributed by atoms with Crippen molar-refractivity contribution in [2.45, 2.75) is 46.4 Å². The molecule has 0 aliphatic heterocycles. The Balaban J connectivity index is 1.92. The fraction of sp³-hybridized carbons (Fsp3) is 0.438. The van der Waals surface area contributed by atoms with Crippen molar-refractivity contribution in [3.8, 4) is 5.75 Å². The lowest BCUT2D eigenvalue weighted by Gasteiger charge is -2.19. The molecule has 1 aromatic heterocycles. The molecule has 0 saturated carbocycles. The molecule has 0 aliphatic carbocycles. The third-order valence-electron chi connectivity index (χ3n) is 2.86. The van der Waals surface area contributed by atoms with E-state index in [1.54, 1.807) is 12.1 Å². The van der Waals surface area contributed by atoms with Gasteiger partial charge in [0.25, 0.3) is 0 Å². The van der Waals surface area contributed by atoms with Crippen molar-refractivity contribution >= 4 is 0 Å². The maximum absolute atomic E-state index is 13.5. The fourth-order valence-corrected chi connectivity index (χ4v) is 1.73. The molecule has 0 aliphatic rings. The first-order valence-electron chi connectivity index (χ1n) is 6.92. The van der Waals surface area contributed by atoms with Gasteiger partial charge in [0, 0.05) is 18.2 Å². The van der Waals surface area contributed by atoms with Gasteiger partial charge in [-0.15, -0.1) is 0 Å². The van der Waals surface area contributed by atoms with Crippen molar-refractivity contribution < 1.29 is 13.7 Å². The first-order valence-corrected chi connectivity index (χ1v) is 6.92. The molecule has 0 radical (unpaired) electrons. The summed E-state index contributed by atoms with van der Waals surface area (Å²) in [7, 11) is 0. The van der Waals surface area contributed by atoms with Crippen LogP contribution in [0.3, 0.4) is 0 Å². The van der Waals surface area contributed by atoms with E-state index in [2.05, 4.69) is 31.2 Å². The Morgan fingerprint density at radius 3 is 2.76 bits per heavy atom. The van der Waals surface area contributed by atoms with Gasteiger partial charge in [0.05, 0.1) is 5.69 Å². The highest BCUT2D eigenvalue weighted by Gasteiger charge is 2.12. The number of aromatic nitrogens is 1. The van der Waals surface area contributed by atoms with Crippen LogP contribution in [0.5, 0.6) is 5.75 Å². The lowest BCUT2D eigenvalue weighted by atomic mass is 10.1. The summed E-state index contributed by atoms with van der Waals surface area (Å²) in [5, 5.41) is 7.28. The van der Waals surface area contributed by atoms with Gasteiger partial charge in [-0.1, -0.05) is 11.2 Å². The van der Waals surface area contributed by atoms with E-state index in [1.165, 1.54) is 6.07 Å². The van der Waals surface area contributed by atoms with Crippen LogP contribution >= 0.6 is 0 Å². The van der Waals surface area contributed by atoms with Gasteiger partial charge in [-0.3, -0.25) is 0 Å². The van der Waals surface area contributed by atoms with Gasteiger partial charge in [-0.2, -0.15) is 0 Å². The molecule has 21 heavy (non-hydrogen) atoms. The molecule has 114 valence electrons. The second-order valence-electron chi connectivity index (χ2n) is 6.11. The molecule has 0 unspecified atom stereocenters. The molecule has 1 N–H and O–H groups in total. The lowest BCUT2D eigenvalue weighted by Crippen LogP contribution is -2.35. The number of nitrogens with zero attached hydrogens (tertiary/aromatic N) is 1. The summed E-state index contributed by atoms with van der Waals surface area (Å²) >= 11 is 0. The molecule has 0 fully saturated rings. The molecule has 0 spiro atoms. The monoisotopic (exact) mass is 292 g/mol. The number of aryl methyl sites for hydroxylation is 1. The largest absolute Gasteiger partial charge is 0.482 e. The normalized spacial score (nSPS) is 11.7. The summed E-state index contributed by atoms with van der Waals surface area (Å²) in [6, 6.07) is 6.57. The smallest absolute Gasteiger partial charge is 0.174 e. The molecule has 1 heterocycles. The van der Waals surface area contributed by atoms with Crippen LogP contribution in [0.25, 0.3) is 0 Å². The van der Waals surface area contributed by atoms with E-state index in [-0.39, 0.29) is 23.7 Å². The molecule has 0 bridgehead atoms. The fourth-order valence-electron chi connectivity index (χ4n) is 1.73. The summed E-state index contributed by atoms with van der Waals surface area (Å²) in [5.74, 6) is 0.414. The van der Waals surface area contributed by atoms with Gasteiger partial charge < -0.3 is 14.6 Å². The summed E-state index contributed by atoms with van der Waals surface area (Å²) in [6.45, 7) is 8.90. The van der Waals surface area contributed by atoms with E-state index in [0.29, 0.717) is 12.3 Å². The molecule has 4 nitrogen and oxygen atoms in total. The molecular formula is C16H21FN2O2. The third kappa shape index (κ3) is 4.86. The minimum absolute atomic E-state index is 0.0142. The Morgan fingerprint density at radius 2 is 2.05 bits per heavy atom. The van der Waals surface area contributed by atoms with Gasteiger partial charge in [-0.25, -0.2) is 4.39 Å². The van der Waals surface area contributed by atoms with Crippen LogP contribution in [0.1, 0.15) is 37.8 Å². The van der Waals surface area contributed by atoms with Crippen LogP contribution < -0.4 is 10.1 Å².